The zero-order chi connectivity index (χ0) is 13.8. The van der Waals surface area contributed by atoms with Crippen LogP contribution in [0.1, 0.15) is 44.7 Å². The lowest BCUT2D eigenvalue weighted by molar-refractivity contribution is 0.209. The minimum absolute atomic E-state index is 0.152. The van der Waals surface area contributed by atoms with Crippen molar-refractivity contribution in [3.8, 4) is 0 Å². The number of hydrogen-bond acceptors (Lipinski definition) is 2. The van der Waals surface area contributed by atoms with Crippen LogP contribution < -0.4 is 5.73 Å². The summed E-state index contributed by atoms with van der Waals surface area (Å²) in [6.45, 7) is 6.77. The van der Waals surface area contributed by atoms with E-state index in [9.17, 15) is 0 Å². The third kappa shape index (κ3) is 3.59. The van der Waals surface area contributed by atoms with E-state index in [1.807, 2.05) is 0 Å². The van der Waals surface area contributed by atoms with E-state index in [1.165, 1.54) is 42.4 Å². The molecular formula is C16H25BrN2. The number of likely N-dealkylation sites (tertiary alicyclic amines) is 1. The average molecular weight is 325 g/mol. The molecular weight excluding hydrogens is 300 g/mol. The minimum Gasteiger partial charge on any atom is -0.326 e. The highest BCUT2D eigenvalue weighted by Gasteiger charge is 2.31. The molecule has 0 amide bonds. The maximum Gasteiger partial charge on any atom is 0.0507 e. The highest BCUT2D eigenvalue weighted by atomic mass is 79.9. The Morgan fingerprint density at radius 3 is 2.79 bits per heavy atom. The van der Waals surface area contributed by atoms with Crippen molar-refractivity contribution in [3.63, 3.8) is 0 Å². The van der Waals surface area contributed by atoms with Gasteiger partial charge >= 0.3 is 0 Å². The van der Waals surface area contributed by atoms with Gasteiger partial charge < -0.3 is 5.73 Å². The van der Waals surface area contributed by atoms with Crippen LogP contribution >= 0.6 is 15.9 Å². The van der Waals surface area contributed by atoms with Gasteiger partial charge in [-0.3, -0.25) is 4.90 Å². The Hall–Kier alpha value is -0.380. The van der Waals surface area contributed by atoms with Crippen molar-refractivity contribution in [2.24, 2.45) is 11.7 Å². The molecule has 3 atom stereocenters. The molecule has 1 aliphatic rings. The Bertz CT molecular complexity index is 405. The molecule has 1 saturated heterocycles. The molecule has 1 fully saturated rings. The van der Waals surface area contributed by atoms with Gasteiger partial charge in [0.15, 0.2) is 0 Å². The summed E-state index contributed by atoms with van der Waals surface area (Å²) in [5, 5.41) is 0. The topological polar surface area (TPSA) is 29.3 Å². The van der Waals surface area contributed by atoms with Crippen LogP contribution in [0.2, 0.25) is 0 Å². The van der Waals surface area contributed by atoms with Crippen molar-refractivity contribution in [2.75, 3.05) is 13.1 Å². The fourth-order valence-corrected chi connectivity index (χ4v) is 3.81. The molecule has 106 valence electrons. The monoisotopic (exact) mass is 324 g/mol. The third-order valence-corrected chi connectivity index (χ3v) is 4.85. The molecule has 1 aromatic rings. The molecule has 0 aromatic heterocycles. The quantitative estimate of drug-likeness (QED) is 0.888. The second-order valence-electron chi connectivity index (χ2n) is 5.76. The van der Waals surface area contributed by atoms with Crippen LogP contribution in [0, 0.1) is 5.92 Å². The standard InChI is InChI=1S/C16H25BrN2/c1-3-6-13-9-10-19(11-13)16(12(2)18)14-7-4-5-8-15(14)17/h4-5,7-8,12-13,16H,3,6,9-11,18H2,1-2H3. The average Bonchev–Trinajstić information content (AvgIpc) is 2.80. The Labute approximate surface area is 125 Å². The summed E-state index contributed by atoms with van der Waals surface area (Å²) in [6, 6.07) is 8.97. The van der Waals surface area contributed by atoms with E-state index >= 15 is 0 Å². The van der Waals surface area contributed by atoms with Gasteiger partial charge in [-0.25, -0.2) is 0 Å². The number of nitrogens with two attached hydrogens (primary N) is 1. The van der Waals surface area contributed by atoms with Crippen LogP contribution in [0.3, 0.4) is 0 Å². The number of rotatable bonds is 5. The van der Waals surface area contributed by atoms with Crippen molar-refractivity contribution in [3.05, 3.63) is 34.3 Å². The van der Waals surface area contributed by atoms with Crippen LogP contribution in [0.25, 0.3) is 0 Å². The number of hydrogen-bond donors (Lipinski definition) is 1. The predicted molar refractivity (Wildman–Crippen MR) is 85.1 cm³/mol. The van der Waals surface area contributed by atoms with Gasteiger partial charge in [-0.2, -0.15) is 0 Å². The first-order chi connectivity index (χ1) is 9.13. The van der Waals surface area contributed by atoms with Crippen LogP contribution in [0.15, 0.2) is 28.7 Å². The number of benzene rings is 1. The van der Waals surface area contributed by atoms with Crippen molar-refractivity contribution in [1.29, 1.82) is 0 Å². The normalized spacial score (nSPS) is 23.5. The fraction of sp³-hybridized carbons (Fsp3) is 0.625. The van der Waals surface area contributed by atoms with E-state index in [1.54, 1.807) is 0 Å². The van der Waals surface area contributed by atoms with E-state index in [0.717, 1.165) is 5.92 Å². The summed E-state index contributed by atoms with van der Waals surface area (Å²) in [7, 11) is 0. The first kappa shape index (κ1) is 15.0. The lowest BCUT2D eigenvalue weighted by Gasteiger charge is -2.32. The molecule has 0 aliphatic carbocycles. The van der Waals surface area contributed by atoms with E-state index in [4.69, 9.17) is 5.73 Å². The first-order valence-corrected chi connectivity index (χ1v) is 8.16. The highest BCUT2D eigenvalue weighted by molar-refractivity contribution is 9.10. The molecule has 1 heterocycles. The van der Waals surface area contributed by atoms with Gasteiger partial charge in [0.25, 0.3) is 0 Å². The number of nitrogens with zero attached hydrogens (tertiary/aromatic N) is 1. The van der Waals surface area contributed by atoms with Crippen LogP contribution in [-0.4, -0.2) is 24.0 Å². The summed E-state index contributed by atoms with van der Waals surface area (Å²) in [4.78, 5) is 2.57. The van der Waals surface area contributed by atoms with Crippen LogP contribution in [0.4, 0.5) is 0 Å². The van der Waals surface area contributed by atoms with Gasteiger partial charge in [0.1, 0.15) is 0 Å². The largest absolute Gasteiger partial charge is 0.326 e. The lowest BCUT2D eigenvalue weighted by Crippen LogP contribution is -2.38. The van der Waals surface area contributed by atoms with Crippen molar-refractivity contribution in [1.82, 2.24) is 4.90 Å². The van der Waals surface area contributed by atoms with E-state index in [-0.39, 0.29) is 6.04 Å². The molecule has 19 heavy (non-hydrogen) atoms. The fourth-order valence-electron chi connectivity index (χ4n) is 3.29. The van der Waals surface area contributed by atoms with Gasteiger partial charge in [0.2, 0.25) is 0 Å². The lowest BCUT2D eigenvalue weighted by atomic mass is 9.99. The summed E-state index contributed by atoms with van der Waals surface area (Å²) in [5.74, 6) is 0.855. The summed E-state index contributed by atoms with van der Waals surface area (Å²) in [6.07, 6.45) is 3.95. The molecule has 2 rings (SSSR count). The number of halogens is 1. The van der Waals surface area contributed by atoms with Gasteiger partial charge in [-0.05, 0) is 43.9 Å². The molecule has 0 radical (unpaired) electrons. The maximum absolute atomic E-state index is 6.27. The Kier molecular flexibility index (Phi) is 5.43. The van der Waals surface area contributed by atoms with E-state index in [2.05, 4.69) is 58.9 Å². The summed E-state index contributed by atoms with van der Waals surface area (Å²) in [5.41, 5.74) is 7.60. The minimum atomic E-state index is 0.152. The van der Waals surface area contributed by atoms with Crippen molar-refractivity contribution in [2.45, 2.75) is 45.2 Å². The predicted octanol–water partition coefficient (Wildman–Crippen LogP) is 3.96. The summed E-state index contributed by atoms with van der Waals surface area (Å²) < 4.78 is 1.18. The Morgan fingerprint density at radius 2 is 2.16 bits per heavy atom. The molecule has 0 saturated carbocycles. The second-order valence-corrected chi connectivity index (χ2v) is 6.62. The maximum atomic E-state index is 6.27. The molecule has 3 unspecified atom stereocenters. The van der Waals surface area contributed by atoms with E-state index < -0.39 is 0 Å². The second kappa shape index (κ2) is 6.87. The van der Waals surface area contributed by atoms with Gasteiger partial charge in [0.05, 0.1) is 6.04 Å². The Balaban J connectivity index is 2.16. The SMILES string of the molecule is CCCC1CCN(C(c2ccccc2Br)C(C)N)C1. The first-order valence-electron chi connectivity index (χ1n) is 7.37. The van der Waals surface area contributed by atoms with Crippen LogP contribution in [0.5, 0.6) is 0 Å². The van der Waals surface area contributed by atoms with Crippen molar-refractivity contribution >= 4 is 15.9 Å². The van der Waals surface area contributed by atoms with E-state index in [0.29, 0.717) is 6.04 Å². The zero-order valence-corrected chi connectivity index (χ0v) is 13.6. The van der Waals surface area contributed by atoms with Crippen molar-refractivity contribution < 1.29 is 0 Å². The molecule has 0 spiro atoms. The molecule has 1 aliphatic heterocycles. The molecule has 2 nitrogen and oxygen atoms in total. The van der Waals surface area contributed by atoms with Gasteiger partial charge in [0, 0.05) is 17.1 Å². The molecule has 2 N–H and O–H groups in total. The Morgan fingerprint density at radius 1 is 1.42 bits per heavy atom. The van der Waals surface area contributed by atoms with Gasteiger partial charge in [-0.1, -0.05) is 47.5 Å². The molecule has 0 bridgehead atoms. The molecule has 3 heteroatoms. The highest BCUT2D eigenvalue weighted by Crippen LogP contribution is 2.34. The third-order valence-electron chi connectivity index (χ3n) is 4.13. The zero-order valence-electron chi connectivity index (χ0n) is 12.0. The van der Waals surface area contributed by atoms with Crippen LogP contribution in [-0.2, 0) is 0 Å². The smallest absolute Gasteiger partial charge is 0.0507 e. The summed E-state index contributed by atoms with van der Waals surface area (Å²) >= 11 is 3.68. The molecule has 1 aromatic carbocycles. The van der Waals surface area contributed by atoms with Gasteiger partial charge in [-0.15, -0.1) is 0 Å².